The van der Waals surface area contributed by atoms with E-state index < -0.39 is 11.9 Å². The number of rotatable bonds is 0. The van der Waals surface area contributed by atoms with Crippen molar-refractivity contribution in [3.05, 3.63) is 30.6 Å². The maximum atomic E-state index is 11.7. The molecule has 55 valence electrons. The van der Waals surface area contributed by atoms with E-state index in [1.54, 1.807) is 0 Å². The van der Waals surface area contributed by atoms with Crippen LogP contribution in [0.4, 0.5) is 13.2 Å². The Morgan fingerprint density at radius 3 is 2.10 bits per heavy atom. The van der Waals surface area contributed by atoms with Gasteiger partial charge in [-0.15, -0.1) is 0 Å². The minimum Gasteiger partial charge on any atom is -0.457 e. The molecule has 1 aromatic heterocycles. The zero-order chi connectivity index (χ0) is 7.78. The highest BCUT2D eigenvalue weighted by Gasteiger charge is 2.34. The Bertz CT molecular complexity index is 223. The lowest BCUT2D eigenvalue weighted by Gasteiger charge is -1.99. The summed E-state index contributed by atoms with van der Waals surface area (Å²) in [5, 5.41) is 0. The predicted octanol–water partition coefficient (Wildman–Crippen LogP) is 2.48. The molecule has 0 aliphatic carbocycles. The van der Waals surface area contributed by atoms with E-state index >= 15 is 0 Å². The second kappa shape index (κ2) is 2.04. The Labute approximate surface area is 55.5 Å². The van der Waals surface area contributed by atoms with Gasteiger partial charge in [0.2, 0.25) is 5.76 Å². The molecule has 1 heterocycles. The van der Waals surface area contributed by atoms with Gasteiger partial charge in [-0.3, -0.25) is 0 Å². The molecule has 0 atom stereocenters. The molecule has 0 saturated carbocycles. The molecule has 0 fully saturated rings. The van der Waals surface area contributed by atoms with Crippen LogP contribution in [0.25, 0.3) is 0 Å². The zero-order valence-corrected chi connectivity index (χ0v) is 4.90. The van der Waals surface area contributed by atoms with Gasteiger partial charge in [0.25, 0.3) is 0 Å². The standard InChI is InChI=1S/C6H4F3O/c1-4-2-3-5(10-4)6(7,8)9/h2-3H,1H2. The van der Waals surface area contributed by atoms with Crippen molar-refractivity contribution in [2.45, 2.75) is 6.18 Å². The van der Waals surface area contributed by atoms with Gasteiger partial charge in [0.15, 0.2) is 0 Å². The van der Waals surface area contributed by atoms with E-state index in [2.05, 4.69) is 11.3 Å². The summed E-state index contributed by atoms with van der Waals surface area (Å²) in [4.78, 5) is 0. The third-order valence-electron chi connectivity index (χ3n) is 0.941. The molecule has 1 rings (SSSR count). The number of hydrogen-bond donors (Lipinski definition) is 0. The fourth-order valence-electron chi connectivity index (χ4n) is 0.530. The van der Waals surface area contributed by atoms with Crippen LogP contribution in [0.1, 0.15) is 11.5 Å². The summed E-state index contributed by atoms with van der Waals surface area (Å²) < 4.78 is 39.3. The maximum Gasteiger partial charge on any atom is 0.449 e. The van der Waals surface area contributed by atoms with Crippen molar-refractivity contribution < 1.29 is 17.6 Å². The molecule has 0 unspecified atom stereocenters. The largest absolute Gasteiger partial charge is 0.457 e. The molecule has 1 nitrogen and oxygen atoms in total. The van der Waals surface area contributed by atoms with Gasteiger partial charge < -0.3 is 4.42 Å². The SMILES string of the molecule is [CH2]c1ccc(C(F)(F)F)o1. The monoisotopic (exact) mass is 149 g/mol. The van der Waals surface area contributed by atoms with Crippen molar-refractivity contribution in [2.24, 2.45) is 0 Å². The molecular formula is C6H4F3O. The Balaban J connectivity index is 2.96. The smallest absolute Gasteiger partial charge is 0.449 e. The van der Waals surface area contributed by atoms with Gasteiger partial charge in [-0.2, -0.15) is 13.2 Å². The Morgan fingerprint density at radius 2 is 1.90 bits per heavy atom. The molecular weight excluding hydrogens is 145 g/mol. The van der Waals surface area contributed by atoms with Crippen LogP contribution in [0.15, 0.2) is 16.5 Å². The molecule has 0 bridgehead atoms. The molecule has 0 aliphatic rings. The Morgan fingerprint density at radius 1 is 1.30 bits per heavy atom. The quantitative estimate of drug-likeness (QED) is 0.552. The zero-order valence-electron chi connectivity index (χ0n) is 4.90. The van der Waals surface area contributed by atoms with Gasteiger partial charge in [-0.05, 0) is 12.1 Å². The van der Waals surface area contributed by atoms with Crippen molar-refractivity contribution in [3.63, 3.8) is 0 Å². The van der Waals surface area contributed by atoms with Crippen LogP contribution < -0.4 is 0 Å². The lowest BCUT2D eigenvalue weighted by atomic mass is 10.4. The van der Waals surface area contributed by atoms with E-state index in [9.17, 15) is 13.2 Å². The molecule has 10 heavy (non-hydrogen) atoms. The summed E-state index contributed by atoms with van der Waals surface area (Å²) in [6.07, 6.45) is -4.39. The summed E-state index contributed by atoms with van der Waals surface area (Å²) in [5.74, 6) is -0.982. The van der Waals surface area contributed by atoms with Crippen LogP contribution >= 0.6 is 0 Å². The van der Waals surface area contributed by atoms with Crippen molar-refractivity contribution in [1.82, 2.24) is 0 Å². The Kier molecular flexibility index (Phi) is 1.46. The predicted molar refractivity (Wildman–Crippen MR) is 28.2 cm³/mol. The summed E-state index contributed by atoms with van der Waals surface area (Å²) in [5.41, 5.74) is 0. The molecule has 0 aromatic carbocycles. The van der Waals surface area contributed by atoms with Crippen LogP contribution in [0.2, 0.25) is 0 Å². The lowest BCUT2D eigenvalue weighted by molar-refractivity contribution is -0.153. The number of alkyl halides is 3. The van der Waals surface area contributed by atoms with Crippen molar-refractivity contribution in [1.29, 1.82) is 0 Å². The molecule has 0 saturated heterocycles. The molecule has 1 radical (unpaired) electrons. The third-order valence-corrected chi connectivity index (χ3v) is 0.941. The molecule has 0 aliphatic heterocycles. The van der Waals surface area contributed by atoms with Gasteiger partial charge in [0.05, 0.1) is 0 Å². The molecule has 1 aromatic rings. The van der Waals surface area contributed by atoms with Crippen LogP contribution in [0.3, 0.4) is 0 Å². The summed E-state index contributed by atoms with van der Waals surface area (Å²) in [7, 11) is 0. The number of hydrogen-bond acceptors (Lipinski definition) is 1. The van der Waals surface area contributed by atoms with Crippen LogP contribution in [0, 0.1) is 6.92 Å². The molecule has 0 N–H and O–H groups in total. The number of furan rings is 1. The first-order chi connectivity index (χ1) is 4.50. The first-order valence-electron chi connectivity index (χ1n) is 2.49. The van der Waals surface area contributed by atoms with Crippen LogP contribution in [0.5, 0.6) is 0 Å². The van der Waals surface area contributed by atoms with Crippen LogP contribution in [-0.4, -0.2) is 0 Å². The summed E-state index contributed by atoms with van der Waals surface area (Å²) >= 11 is 0. The van der Waals surface area contributed by atoms with Crippen molar-refractivity contribution in [3.8, 4) is 0 Å². The Hall–Kier alpha value is -0.930. The highest BCUT2D eigenvalue weighted by atomic mass is 19.4. The average molecular weight is 149 g/mol. The minimum atomic E-state index is -4.39. The second-order valence-electron chi connectivity index (χ2n) is 1.76. The van der Waals surface area contributed by atoms with E-state index in [4.69, 9.17) is 0 Å². The maximum absolute atomic E-state index is 11.7. The van der Waals surface area contributed by atoms with Gasteiger partial charge in [-0.25, -0.2) is 0 Å². The topological polar surface area (TPSA) is 13.1 Å². The van der Waals surface area contributed by atoms with Crippen molar-refractivity contribution >= 4 is 0 Å². The third kappa shape index (κ3) is 1.32. The fraction of sp³-hybridized carbons (Fsp3) is 0.167. The lowest BCUT2D eigenvalue weighted by Crippen LogP contribution is -2.01. The first-order valence-corrected chi connectivity index (χ1v) is 2.49. The van der Waals surface area contributed by atoms with E-state index in [-0.39, 0.29) is 5.76 Å². The summed E-state index contributed by atoms with van der Waals surface area (Å²) in [6, 6.07) is 2.02. The first kappa shape index (κ1) is 7.18. The normalized spacial score (nSPS) is 12.0. The minimum absolute atomic E-state index is 0.0207. The van der Waals surface area contributed by atoms with Crippen molar-refractivity contribution in [2.75, 3.05) is 0 Å². The van der Waals surface area contributed by atoms with Gasteiger partial charge >= 0.3 is 6.18 Å². The second-order valence-corrected chi connectivity index (χ2v) is 1.76. The highest BCUT2D eigenvalue weighted by Crippen LogP contribution is 2.30. The van der Waals surface area contributed by atoms with E-state index in [0.717, 1.165) is 6.07 Å². The molecule has 0 spiro atoms. The molecule has 0 amide bonds. The fourth-order valence-corrected chi connectivity index (χ4v) is 0.530. The van der Waals surface area contributed by atoms with Gasteiger partial charge in [0, 0.05) is 6.92 Å². The van der Waals surface area contributed by atoms with Gasteiger partial charge in [-0.1, -0.05) is 0 Å². The molecule has 4 heteroatoms. The van der Waals surface area contributed by atoms with Gasteiger partial charge in [0.1, 0.15) is 5.76 Å². The van der Waals surface area contributed by atoms with E-state index in [1.165, 1.54) is 6.07 Å². The van der Waals surface area contributed by atoms with E-state index in [0.29, 0.717) is 0 Å². The number of halogens is 3. The van der Waals surface area contributed by atoms with E-state index in [1.807, 2.05) is 0 Å². The highest BCUT2D eigenvalue weighted by molar-refractivity contribution is 5.11. The summed E-state index contributed by atoms with van der Waals surface area (Å²) in [6.45, 7) is 3.19. The average Bonchev–Trinajstić information content (AvgIpc) is 2.11. The van der Waals surface area contributed by atoms with Crippen LogP contribution in [-0.2, 0) is 6.18 Å².